The molecule has 0 spiro atoms. The summed E-state index contributed by atoms with van der Waals surface area (Å²) in [5.41, 5.74) is 0.775. The summed E-state index contributed by atoms with van der Waals surface area (Å²) >= 11 is 1.51. The van der Waals surface area contributed by atoms with Gasteiger partial charge in [0.2, 0.25) is 0 Å². The first-order valence-corrected chi connectivity index (χ1v) is 5.17. The second kappa shape index (κ2) is 4.88. The Kier molecular flexibility index (Phi) is 3.79. The van der Waals surface area contributed by atoms with Crippen molar-refractivity contribution in [1.29, 1.82) is 0 Å². The van der Waals surface area contributed by atoms with Crippen LogP contribution in [0.25, 0.3) is 0 Å². The van der Waals surface area contributed by atoms with Gasteiger partial charge in [-0.2, -0.15) is 0 Å². The molecular formula is C9H12N2O3S. The van der Waals surface area contributed by atoms with Gasteiger partial charge in [0, 0.05) is 12.4 Å². The fourth-order valence-corrected chi connectivity index (χ4v) is 1.64. The fourth-order valence-electron chi connectivity index (χ4n) is 1.04. The number of methoxy groups -OCH3 is 1. The van der Waals surface area contributed by atoms with Gasteiger partial charge in [-0.3, -0.25) is 4.79 Å². The van der Waals surface area contributed by atoms with Crippen LogP contribution in [-0.2, 0) is 20.9 Å². The summed E-state index contributed by atoms with van der Waals surface area (Å²) in [7, 11) is 2.72. The minimum Gasteiger partial charge on any atom is -0.462 e. The molecule has 15 heavy (non-hydrogen) atoms. The Balaban J connectivity index is 2.59. The quantitative estimate of drug-likeness (QED) is 0.549. The molecule has 0 fully saturated rings. The van der Waals surface area contributed by atoms with Crippen molar-refractivity contribution < 1.29 is 14.3 Å². The maximum absolute atomic E-state index is 11.3. The molecule has 1 aromatic heterocycles. The Morgan fingerprint density at radius 2 is 2.27 bits per heavy atom. The van der Waals surface area contributed by atoms with E-state index in [9.17, 15) is 9.59 Å². The lowest BCUT2D eigenvalue weighted by atomic mass is 10.4. The molecule has 0 aliphatic carbocycles. The van der Waals surface area contributed by atoms with Crippen LogP contribution in [0.5, 0.6) is 0 Å². The van der Waals surface area contributed by atoms with E-state index in [-0.39, 0.29) is 0 Å². The Morgan fingerprint density at radius 3 is 2.73 bits per heavy atom. The number of rotatable bonds is 2. The third kappa shape index (κ3) is 3.02. The Hall–Kier alpha value is -1.43. The van der Waals surface area contributed by atoms with E-state index < -0.39 is 11.9 Å². The third-order valence-electron chi connectivity index (χ3n) is 1.77. The lowest BCUT2D eigenvalue weighted by Gasteiger charge is -2.13. The molecule has 0 aliphatic rings. The van der Waals surface area contributed by atoms with Crippen LogP contribution >= 0.6 is 11.3 Å². The van der Waals surface area contributed by atoms with Gasteiger partial charge in [-0.05, 0) is 6.92 Å². The summed E-state index contributed by atoms with van der Waals surface area (Å²) < 4.78 is 4.33. The van der Waals surface area contributed by atoms with Crippen molar-refractivity contribution in [2.24, 2.45) is 0 Å². The molecule has 5 nitrogen and oxygen atoms in total. The van der Waals surface area contributed by atoms with Crippen LogP contribution in [0.1, 0.15) is 10.7 Å². The molecule has 1 amide bonds. The molecule has 0 atom stereocenters. The molecule has 0 saturated heterocycles. The van der Waals surface area contributed by atoms with E-state index in [4.69, 9.17) is 0 Å². The molecule has 0 unspecified atom stereocenters. The normalized spacial score (nSPS) is 9.80. The van der Waals surface area contributed by atoms with Gasteiger partial charge in [0.15, 0.2) is 0 Å². The smallest absolute Gasteiger partial charge is 0.396 e. The maximum Gasteiger partial charge on any atom is 0.396 e. The van der Waals surface area contributed by atoms with E-state index in [1.54, 1.807) is 0 Å². The molecule has 1 rings (SSSR count). The number of amides is 1. The number of aryl methyl sites for hydroxylation is 1. The van der Waals surface area contributed by atoms with Crippen molar-refractivity contribution in [3.8, 4) is 0 Å². The number of nitrogens with zero attached hydrogens (tertiary/aromatic N) is 2. The van der Waals surface area contributed by atoms with Crippen LogP contribution in [0.15, 0.2) is 5.38 Å². The maximum atomic E-state index is 11.3. The zero-order chi connectivity index (χ0) is 11.4. The number of ether oxygens (including phenoxy) is 1. The summed E-state index contributed by atoms with van der Waals surface area (Å²) in [6.07, 6.45) is 0. The largest absolute Gasteiger partial charge is 0.462 e. The zero-order valence-corrected chi connectivity index (χ0v) is 9.63. The van der Waals surface area contributed by atoms with Gasteiger partial charge in [0.1, 0.15) is 0 Å². The monoisotopic (exact) mass is 228 g/mol. The lowest BCUT2D eigenvalue weighted by molar-refractivity contribution is -0.157. The van der Waals surface area contributed by atoms with E-state index in [1.165, 1.54) is 30.4 Å². The van der Waals surface area contributed by atoms with Crippen molar-refractivity contribution in [1.82, 2.24) is 9.88 Å². The van der Waals surface area contributed by atoms with Crippen molar-refractivity contribution in [2.45, 2.75) is 13.5 Å². The zero-order valence-electron chi connectivity index (χ0n) is 8.81. The second-order valence-electron chi connectivity index (χ2n) is 3.01. The number of hydrogen-bond donors (Lipinski definition) is 0. The second-order valence-corrected chi connectivity index (χ2v) is 4.07. The Bertz CT molecular complexity index is 375. The molecule has 82 valence electrons. The summed E-state index contributed by atoms with van der Waals surface area (Å²) in [5.74, 6) is -1.52. The highest BCUT2D eigenvalue weighted by atomic mass is 32.1. The number of aromatic nitrogens is 1. The average Bonchev–Trinajstić information content (AvgIpc) is 2.61. The van der Waals surface area contributed by atoms with Gasteiger partial charge in [-0.15, -0.1) is 11.3 Å². The van der Waals surface area contributed by atoms with Gasteiger partial charge in [-0.1, -0.05) is 0 Å². The van der Waals surface area contributed by atoms with Crippen LogP contribution < -0.4 is 0 Å². The average molecular weight is 228 g/mol. The summed E-state index contributed by atoms with van der Waals surface area (Å²) in [4.78, 5) is 27.7. The molecule has 1 heterocycles. The summed E-state index contributed by atoms with van der Waals surface area (Å²) in [6.45, 7) is 2.20. The third-order valence-corrected chi connectivity index (χ3v) is 2.59. The van der Waals surface area contributed by atoms with Crippen LogP contribution in [-0.4, -0.2) is 35.9 Å². The van der Waals surface area contributed by atoms with Gasteiger partial charge in [0.25, 0.3) is 0 Å². The molecule has 0 N–H and O–H groups in total. The van der Waals surface area contributed by atoms with Crippen molar-refractivity contribution in [3.05, 3.63) is 16.1 Å². The van der Waals surface area contributed by atoms with Crippen LogP contribution in [0, 0.1) is 6.92 Å². The summed E-state index contributed by atoms with van der Waals surface area (Å²) in [5, 5.41) is 2.79. The minimum atomic E-state index is -0.857. The highest BCUT2D eigenvalue weighted by Crippen LogP contribution is 2.09. The molecular weight excluding hydrogens is 216 g/mol. The molecule has 0 saturated carbocycles. The van der Waals surface area contributed by atoms with Crippen LogP contribution in [0.3, 0.4) is 0 Å². The first-order valence-electron chi connectivity index (χ1n) is 4.29. The van der Waals surface area contributed by atoms with E-state index in [1.807, 2.05) is 12.3 Å². The molecule has 0 radical (unpaired) electrons. The molecule has 0 bridgehead atoms. The standard InChI is InChI=1S/C9H12N2O3S/c1-6-10-7(5-15-6)4-11(2)8(12)9(13)14-3/h5H,4H2,1-3H3. The molecule has 1 aromatic rings. The Labute approximate surface area is 91.7 Å². The number of likely N-dealkylation sites (N-methyl/N-ethyl adjacent to an activating group) is 1. The van der Waals surface area contributed by atoms with Crippen molar-refractivity contribution in [2.75, 3.05) is 14.2 Å². The highest BCUT2D eigenvalue weighted by molar-refractivity contribution is 7.09. The molecule has 6 heteroatoms. The van der Waals surface area contributed by atoms with Gasteiger partial charge in [-0.25, -0.2) is 9.78 Å². The van der Waals surface area contributed by atoms with Crippen LogP contribution in [0.2, 0.25) is 0 Å². The first kappa shape index (κ1) is 11.6. The van der Waals surface area contributed by atoms with Gasteiger partial charge >= 0.3 is 11.9 Å². The van der Waals surface area contributed by atoms with E-state index in [0.29, 0.717) is 6.54 Å². The predicted molar refractivity (Wildman–Crippen MR) is 55.3 cm³/mol. The number of thiazole rings is 1. The molecule has 0 aliphatic heterocycles. The number of esters is 1. The Morgan fingerprint density at radius 1 is 1.60 bits per heavy atom. The van der Waals surface area contributed by atoms with Crippen LogP contribution in [0.4, 0.5) is 0 Å². The predicted octanol–water partition coefficient (Wildman–Crippen LogP) is 0.583. The number of hydrogen-bond acceptors (Lipinski definition) is 5. The van der Waals surface area contributed by atoms with Crippen molar-refractivity contribution in [3.63, 3.8) is 0 Å². The number of carbonyl (C=O) groups excluding carboxylic acids is 2. The van der Waals surface area contributed by atoms with E-state index in [0.717, 1.165) is 10.7 Å². The van der Waals surface area contributed by atoms with Gasteiger partial charge in [0.05, 0.1) is 24.4 Å². The summed E-state index contributed by atoms with van der Waals surface area (Å²) in [6, 6.07) is 0. The van der Waals surface area contributed by atoms with Crippen molar-refractivity contribution >= 4 is 23.2 Å². The number of carbonyl (C=O) groups is 2. The lowest BCUT2D eigenvalue weighted by Crippen LogP contribution is -2.33. The fraction of sp³-hybridized carbons (Fsp3) is 0.444. The van der Waals surface area contributed by atoms with E-state index >= 15 is 0 Å². The minimum absolute atomic E-state index is 0.318. The molecule has 0 aromatic carbocycles. The highest BCUT2D eigenvalue weighted by Gasteiger charge is 2.19. The topological polar surface area (TPSA) is 59.5 Å². The first-order chi connectivity index (χ1) is 7.04. The van der Waals surface area contributed by atoms with E-state index in [2.05, 4.69) is 9.72 Å². The van der Waals surface area contributed by atoms with Gasteiger partial charge < -0.3 is 9.64 Å². The SMILES string of the molecule is COC(=O)C(=O)N(C)Cc1csc(C)n1.